The highest BCUT2D eigenvalue weighted by molar-refractivity contribution is 6.04. The number of nitrogens with one attached hydrogen (secondary N) is 2. The number of rotatable bonds is 6. The Balaban J connectivity index is 1.68. The van der Waals surface area contributed by atoms with Crippen molar-refractivity contribution in [2.24, 2.45) is 0 Å². The highest BCUT2D eigenvalue weighted by Crippen LogP contribution is 2.27. The van der Waals surface area contributed by atoms with Gasteiger partial charge in [0.25, 0.3) is 5.91 Å². The minimum Gasteiger partial charge on any atom is -0.350 e. The van der Waals surface area contributed by atoms with Gasteiger partial charge in [0.05, 0.1) is 5.56 Å². The van der Waals surface area contributed by atoms with E-state index in [9.17, 15) is 4.79 Å². The molecule has 2 heterocycles. The summed E-state index contributed by atoms with van der Waals surface area (Å²) in [6.45, 7) is 6.80. The van der Waals surface area contributed by atoms with Gasteiger partial charge in [-0.25, -0.2) is 9.97 Å². The monoisotopic (exact) mass is 361 g/mol. The lowest BCUT2D eigenvalue weighted by atomic mass is 9.98. The molecule has 1 aromatic carbocycles. The molecule has 0 radical (unpaired) electrons. The Morgan fingerprint density at radius 3 is 2.44 bits per heavy atom. The minimum atomic E-state index is -0.216. The fourth-order valence-corrected chi connectivity index (χ4v) is 2.75. The van der Waals surface area contributed by atoms with Gasteiger partial charge in [-0.1, -0.05) is 32.0 Å². The first-order valence-corrected chi connectivity index (χ1v) is 8.90. The molecular weight excluding hydrogens is 338 g/mol. The number of pyridine rings is 1. The Morgan fingerprint density at radius 1 is 1.07 bits per heavy atom. The van der Waals surface area contributed by atoms with Gasteiger partial charge in [0.1, 0.15) is 0 Å². The average Bonchev–Trinajstić information content (AvgIpc) is 2.69. The third-order valence-electron chi connectivity index (χ3n) is 4.28. The van der Waals surface area contributed by atoms with Crippen LogP contribution in [0, 0.1) is 6.92 Å². The molecule has 3 aromatic rings. The predicted molar refractivity (Wildman–Crippen MR) is 107 cm³/mol. The van der Waals surface area contributed by atoms with Crippen molar-refractivity contribution in [2.45, 2.75) is 33.2 Å². The van der Waals surface area contributed by atoms with Crippen molar-refractivity contribution < 1.29 is 4.79 Å². The quantitative estimate of drug-likeness (QED) is 0.689. The van der Waals surface area contributed by atoms with Crippen molar-refractivity contribution in [2.75, 3.05) is 10.6 Å². The third-order valence-corrected chi connectivity index (χ3v) is 4.28. The fraction of sp³-hybridized carbons (Fsp3) is 0.238. The summed E-state index contributed by atoms with van der Waals surface area (Å²) in [7, 11) is 0. The number of benzene rings is 1. The SMILES string of the molecule is Cc1cccc(C(C)C)c1NC(=O)c1cnc(NCc2ccncc2)nc1. The van der Waals surface area contributed by atoms with Crippen LogP contribution >= 0.6 is 0 Å². The van der Waals surface area contributed by atoms with Gasteiger partial charge >= 0.3 is 0 Å². The van der Waals surface area contributed by atoms with Crippen LogP contribution in [0.3, 0.4) is 0 Å². The van der Waals surface area contributed by atoms with Crippen LogP contribution in [0.25, 0.3) is 0 Å². The summed E-state index contributed by atoms with van der Waals surface area (Å²) in [6.07, 6.45) is 6.54. The molecule has 0 aliphatic heterocycles. The largest absolute Gasteiger partial charge is 0.350 e. The average molecular weight is 361 g/mol. The molecule has 6 heteroatoms. The first-order valence-electron chi connectivity index (χ1n) is 8.90. The fourth-order valence-electron chi connectivity index (χ4n) is 2.75. The van der Waals surface area contributed by atoms with Gasteiger partial charge in [-0.3, -0.25) is 9.78 Å². The van der Waals surface area contributed by atoms with E-state index in [1.54, 1.807) is 12.4 Å². The number of hydrogen-bond acceptors (Lipinski definition) is 5. The van der Waals surface area contributed by atoms with Crippen LogP contribution in [-0.4, -0.2) is 20.9 Å². The van der Waals surface area contributed by atoms with Crippen molar-refractivity contribution in [3.63, 3.8) is 0 Å². The van der Waals surface area contributed by atoms with Crippen LogP contribution in [-0.2, 0) is 6.54 Å². The topological polar surface area (TPSA) is 79.8 Å². The number of aryl methyl sites for hydroxylation is 1. The van der Waals surface area contributed by atoms with Gasteiger partial charge in [-0.2, -0.15) is 0 Å². The maximum absolute atomic E-state index is 12.6. The normalized spacial score (nSPS) is 10.7. The van der Waals surface area contributed by atoms with Gasteiger partial charge in [-0.05, 0) is 41.7 Å². The lowest BCUT2D eigenvalue weighted by Gasteiger charge is -2.16. The maximum Gasteiger partial charge on any atom is 0.258 e. The molecule has 2 N–H and O–H groups in total. The van der Waals surface area contributed by atoms with Crippen LogP contribution in [0.1, 0.15) is 46.8 Å². The second-order valence-corrected chi connectivity index (χ2v) is 6.65. The molecule has 0 unspecified atom stereocenters. The molecule has 27 heavy (non-hydrogen) atoms. The number of hydrogen-bond donors (Lipinski definition) is 2. The molecule has 0 aliphatic rings. The zero-order chi connectivity index (χ0) is 19.2. The molecular formula is C21H23N5O. The molecule has 1 amide bonds. The Morgan fingerprint density at radius 2 is 1.78 bits per heavy atom. The molecule has 6 nitrogen and oxygen atoms in total. The van der Waals surface area contributed by atoms with Gasteiger partial charge in [0.2, 0.25) is 5.95 Å². The van der Waals surface area contributed by atoms with E-state index in [1.165, 1.54) is 12.4 Å². The second kappa shape index (κ2) is 8.40. The Kier molecular flexibility index (Phi) is 5.76. The molecule has 0 atom stereocenters. The summed E-state index contributed by atoms with van der Waals surface area (Å²) >= 11 is 0. The van der Waals surface area contributed by atoms with E-state index < -0.39 is 0 Å². The standard InChI is InChI=1S/C21H23N5O/c1-14(2)18-6-4-5-15(3)19(18)26-20(27)17-12-24-21(25-13-17)23-11-16-7-9-22-10-8-16/h4-10,12-14H,11H2,1-3H3,(H,26,27)(H,23,24,25). The van der Waals surface area contributed by atoms with Crippen LogP contribution < -0.4 is 10.6 Å². The highest BCUT2D eigenvalue weighted by atomic mass is 16.1. The predicted octanol–water partition coefficient (Wildman–Crippen LogP) is 4.17. The first-order chi connectivity index (χ1) is 13.0. The second-order valence-electron chi connectivity index (χ2n) is 6.65. The van der Waals surface area contributed by atoms with E-state index in [0.717, 1.165) is 22.4 Å². The molecule has 0 spiro atoms. The van der Waals surface area contributed by atoms with E-state index in [4.69, 9.17) is 0 Å². The van der Waals surface area contributed by atoms with E-state index in [-0.39, 0.29) is 5.91 Å². The minimum absolute atomic E-state index is 0.216. The molecule has 138 valence electrons. The van der Waals surface area contributed by atoms with Crippen LogP contribution in [0.2, 0.25) is 0 Å². The van der Waals surface area contributed by atoms with Crippen molar-refractivity contribution >= 4 is 17.5 Å². The third kappa shape index (κ3) is 4.67. The molecule has 0 fully saturated rings. The summed E-state index contributed by atoms with van der Waals surface area (Å²) in [5, 5.41) is 6.14. The summed E-state index contributed by atoms with van der Waals surface area (Å²) in [5.74, 6) is 0.574. The Bertz CT molecular complexity index is 908. The molecule has 2 aromatic heterocycles. The van der Waals surface area contributed by atoms with Crippen molar-refractivity contribution in [3.05, 3.63) is 77.4 Å². The van der Waals surface area contributed by atoms with Crippen molar-refractivity contribution in [1.82, 2.24) is 15.0 Å². The van der Waals surface area contributed by atoms with Crippen LogP contribution in [0.5, 0.6) is 0 Å². The van der Waals surface area contributed by atoms with Crippen molar-refractivity contribution in [1.29, 1.82) is 0 Å². The number of nitrogens with zero attached hydrogens (tertiary/aromatic N) is 3. The summed E-state index contributed by atoms with van der Waals surface area (Å²) < 4.78 is 0. The van der Waals surface area contributed by atoms with E-state index in [1.807, 2.05) is 37.3 Å². The zero-order valence-corrected chi connectivity index (χ0v) is 15.7. The molecule has 0 aliphatic carbocycles. The van der Waals surface area contributed by atoms with Crippen molar-refractivity contribution in [3.8, 4) is 0 Å². The molecule has 0 saturated heterocycles. The van der Waals surface area contributed by atoms with Gasteiger partial charge in [0.15, 0.2) is 0 Å². The van der Waals surface area contributed by atoms with Crippen LogP contribution in [0.15, 0.2) is 55.1 Å². The van der Waals surface area contributed by atoms with Gasteiger partial charge in [-0.15, -0.1) is 0 Å². The lowest BCUT2D eigenvalue weighted by Crippen LogP contribution is -2.16. The van der Waals surface area contributed by atoms with E-state index in [0.29, 0.717) is 24.0 Å². The Hall–Kier alpha value is -3.28. The number of para-hydroxylation sites is 1. The highest BCUT2D eigenvalue weighted by Gasteiger charge is 2.14. The van der Waals surface area contributed by atoms with Gasteiger partial charge < -0.3 is 10.6 Å². The lowest BCUT2D eigenvalue weighted by molar-refractivity contribution is 0.102. The molecule has 0 bridgehead atoms. The number of carbonyl (C=O) groups is 1. The number of aromatic nitrogens is 3. The first kappa shape index (κ1) is 18.5. The summed E-state index contributed by atoms with van der Waals surface area (Å²) in [5.41, 5.74) is 4.50. The summed E-state index contributed by atoms with van der Waals surface area (Å²) in [4.78, 5) is 25.1. The van der Waals surface area contributed by atoms with E-state index in [2.05, 4.69) is 39.4 Å². The summed E-state index contributed by atoms with van der Waals surface area (Å²) in [6, 6.07) is 9.87. The van der Waals surface area contributed by atoms with E-state index >= 15 is 0 Å². The van der Waals surface area contributed by atoms with Gasteiger partial charge in [0, 0.05) is 37.0 Å². The number of carbonyl (C=O) groups excluding carboxylic acids is 1. The molecule has 3 rings (SSSR count). The maximum atomic E-state index is 12.6. The number of amides is 1. The zero-order valence-electron chi connectivity index (χ0n) is 15.7. The number of anilines is 2. The van der Waals surface area contributed by atoms with Crippen LogP contribution in [0.4, 0.5) is 11.6 Å². The smallest absolute Gasteiger partial charge is 0.258 e. The Labute approximate surface area is 159 Å². The molecule has 0 saturated carbocycles.